The molecule has 4 unspecified atom stereocenters. The van der Waals surface area contributed by atoms with Gasteiger partial charge in [0.05, 0.1) is 5.60 Å². The summed E-state index contributed by atoms with van der Waals surface area (Å²) in [5.41, 5.74) is 0.334. The molecule has 1 aliphatic heterocycles. The van der Waals surface area contributed by atoms with Crippen LogP contribution in [0.15, 0.2) is 0 Å². The number of fused-ring (bicyclic) bond motifs is 2. The topological polar surface area (TPSA) is 9.23 Å². The minimum Gasteiger partial charge on any atom is -0.375 e. The number of ether oxygens (including phenoxy) is 1. The Labute approximate surface area is 93.6 Å². The Morgan fingerprint density at radius 3 is 2.93 bits per heavy atom. The Hall–Kier alpha value is -0.0400. The van der Waals surface area contributed by atoms with Crippen molar-refractivity contribution in [2.45, 2.75) is 63.9 Å². The van der Waals surface area contributed by atoms with E-state index in [0.717, 1.165) is 24.4 Å². The van der Waals surface area contributed by atoms with Crippen LogP contribution in [-0.2, 0) is 4.74 Å². The van der Waals surface area contributed by atoms with E-state index in [2.05, 4.69) is 6.92 Å². The Kier molecular flexibility index (Phi) is 2.54. The monoisotopic (exact) mass is 208 g/mol. The quantitative estimate of drug-likeness (QED) is 0.671. The van der Waals surface area contributed by atoms with E-state index in [1.165, 1.54) is 51.4 Å². The van der Waals surface area contributed by atoms with Crippen molar-refractivity contribution in [3.8, 4) is 0 Å². The van der Waals surface area contributed by atoms with Crippen molar-refractivity contribution in [2.75, 3.05) is 6.61 Å². The van der Waals surface area contributed by atoms with Crippen molar-refractivity contribution in [2.24, 2.45) is 17.8 Å². The van der Waals surface area contributed by atoms with Crippen molar-refractivity contribution in [3.05, 3.63) is 0 Å². The highest BCUT2D eigenvalue weighted by atomic mass is 16.5. The summed E-state index contributed by atoms with van der Waals surface area (Å²) in [6.07, 6.45) is 11.4. The van der Waals surface area contributed by atoms with Gasteiger partial charge in [0.1, 0.15) is 0 Å². The molecule has 0 N–H and O–H groups in total. The van der Waals surface area contributed by atoms with E-state index >= 15 is 0 Å². The molecule has 4 atom stereocenters. The third-order valence-corrected chi connectivity index (χ3v) is 5.28. The maximum Gasteiger partial charge on any atom is 0.0714 e. The standard InChI is InChI=1S/C14H24O/c1-2-7-14-10-12-5-3-4-11(12)9-13(14)6-8-15-14/h11-13H,2-10H2,1H3. The van der Waals surface area contributed by atoms with Crippen molar-refractivity contribution >= 4 is 0 Å². The second-order valence-electron chi connectivity index (χ2n) is 6.04. The predicted octanol–water partition coefficient (Wildman–Crippen LogP) is 3.77. The first kappa shape index (κ1) is 10.1. The highest BCUT2D eigenvalue weighted by Gasteiger charge is 2.51. The van der Waals surface area contributed by atoms with Crippen LogP contribution in [0, 0.1) is 17.8 Å². The molecule has 3 fully saturated rings. The maximum atomic E-state index is 6.19. The van der Waals surface area contributed by atoms with Gasteiger partial charge in [-0.25, -0.2) is 0 Å². The lowest BCUT2D eigenvalue weighted by molar-refractivity contribution is -0.0766. The zero-order chi connectivity index (χ0) is 10.3. The van der Waals surface area contributed by atoms with E-state index in [4.69, 9.17) is 4.74 Å². The molecule has 3 aliphatic rings. The third-order valence-electron chi connectivity index (χ3n) is 5.28. The van der Waals surface area contributed by atoms with Crippen LogP contribution in [0.2, 0.25) is 0 Å². The van der Waals surface area contributed by atoms with Gasteiger partial charge in [0.25, 0.3) is 0 Å². The Morgan fingerprint density at radius 1 is 1.20 bits per heavy atom. The Bertz CT molecular complexity index is 237. The fraction of sp³-hybridized carbons (Fsp3) is 1.00. The number of hydrogen-bond acceptors (Lipinski definition) is 1. The molecule has 2 saturated carbocycles. The summed E-state index contributed by atoms with van der Waals surface area (Å²) in [5, 5.41) is 0. The third kappa shape index (κ3) is 1.54. The van der Waals surface area contributed by atoms with Crippen LogP contribution in [0.4, 0.5) is 0 Å². The Morgan fingerprint density at radius 2 is 2.07 bits per heavy atom. The molecule has 15 heavy (non-hydrogen) atoms. The molecule has 0 bridgehead atoms. The van der Waals surface area contributed by atoms with Crippen LogP contribution in [0.1, 0.15) is 58.3 Å². The highest BCUT2D eigenvalue weighted by molar-refractivity contribution is 5.01. The molecule has 1 heterocycles. The molecule has 2 aliphatic carbocycles. The predicted molar refractivity (Wildman–Crippen MR) is 61.8 cm³/mol. The molecule has 1 heteroatoms. The second-order valence-corrected chi connectivity index (χ2v) is 6.04. The van der Waals surface area contributed by atoms with Crippen molar-refractivity contribution < 1.29 is 4.74 Å². The van der Waals surface area contributed by atoms with E-state index in [1.54, 1.807) is 0 Å². The van der Waals surface area contributed by atoms with Gasteiger partial charge >= 0.3 is 0 Å². The van der Waals surface area contributed by atoms with E-state index in [-0.39, 0.29) is 0 Å². The van der Waals surface area contributed by atoms with Gasteiger partial charge in [-0.05, 0) is 43.4 Å². The van der Waals surface area contributed by atoms with Crippen LogP contribution < -0.4 is 0 Å². The summed E-state index contributed by atoms with van der Waals surface area (Å²) in [5.74, 6) is 3.00. The average molecular weight is 208 g/mol. The summed E-state index contributed by atoms with van der Waals surface area (Å²) >= 11 is 0. The molecule has 1 saturated heterocycles. The summed E-state index contributed by atoms with van der Waals surface area (Å²) in [6.45, 7) is 3.36. The van der Waals surface area contributed by atoms with Crippen LogP contribution in [-0.4, -0.2) is 12.2 Å². The molecular formula is C14H24O. The summed E-state index contributed by atoms with van der Waals surface area (Å²) in [4.78, 5) is 0. The molecule has 1 nitrogen and oxygen atoms in total. The van der Waals surface area contributed by atoms with Crippen molar-refractivity contribution in [3.63, 3.8) is 0 Å². The fourth-order valence-corrected chi connectivity index (χ4v) is 4.65. The van der Waals surface area contributed by atoms with Gasteiger partial charge in [0.15, 0.2) is 0 Å². The molecule has 0 aromatic heterocycles. The van der Waals surface area contributed by atoms with E-state index in [9.17, 15) is 0 Å². The van der Waals surface area contributed by atoms with Crippen LogP contribution in [0.5, 0.6) is 0 Å². The number of rotatable bonds is 2. The molecule has 0 spiro atoms. The number of hydrogen-bond donors (Lipinski definition) is 0. The SMILES string of the molecule is CCCC12CC3CCCC3CC1CCO2. The smallest absolute Gasteiger partial charge is 0.0714 e. The summed E-state index contributed by atoms with van der Waals surface area (Å²) < 4.78 is 6.19. The van der Waals surface area contributed by atoms with Gasteiger partial charge in [-0.15, -0.1) is 0 Å². The van der Waals surface area contributed by atoms with Gasteiger partial charge in [-0.1, -0.05) is 32.6 Å². The lowest BCUT2D eigenvalue weighted by atomic mass is 9.65. The zero-order valence-corrected chi connectivity index (χ0v) is 10.0. The molecule has 3 rings (SSSR count). The molecule has 86 valence electrons. The molecule has 0 aromatic carbocycles. The van der Waals surface area contributed by atoms with Crippen molar-refractivity contribution in [1.29, 1.82) is 0 Å². The summed E-state index contributed by atoms with van der Waals surface area (Å²) in [6, 6.07) is 0. The summed E-state index contributed by atoms with van der Waals surface area (Å²) in [7, 11) is 0. The van der Waals surface area contributed by atoms with Gasteiger partial charge in [0.2, 0.25) is 0 Å². The van der Waals surface area contributed by atoms with Gasteiger partial charge in [-0.3, -0.25) is 0 Å². The second kappa shape index (κ2) is 3.76. The lowest BCUT2D eigenvalue weighted by Gasteiger charge is -2.44. The Balaban J connectivity index is 1.79. The van der Waals surface area contributed by atoms with Crippen LogP contribution in [0.3, 0.4) is 0 Å². The average Bonchev–Trinajstić information content (AvgIpc) is 2.79. The first-order valence-electron chi connectivity index (χ1n) is 6.98. The van der Waals surface area contributed by atoms with Gasteiger partial charge in [-0.2, -0.15) is 0 Å². The molecule has 0 amide bonds. The largest absolute Gasteiger partial charge is 0.375 e. The minimum atomic E-state index is 0.334. The van der Waals surface area contributed by atoms with Crippen LogP contribution in [0.25, 0.3) is 0 Å². The van der Waals surface area contributed by atoms with Gasteiger partial charge < -0.3 is 4.74 Å². The first-order chi connectivity index (χ1) is 7.34. The molecule has 0 aromatic rings. The normalized spacial score (nSPS) is 49.0. The first-order valence-corrected chi connectivity index (χ1v) is 6.98. The molecule has 0 radical (unpaired) electrons. The molecular weight excluding hydrogens is 184 g/mol. The zero-order valence-electron chi connectivity index (χ0n) is 10.0. The van der Waals surface area contributed by atoms with E-state index in [0.29, 0.717) is 5.60 Å². The van der Waals surface area contributed by atoms with Crippen LogP contribution >= 0.6 is 0 Å². The maximum absolute atomic E-state index is 6.19. The van der Waals surface area contributed by atoms with Crippen molar-refractivity contribution in [1.82, 2.24) is 0 Å². The fourth-order valence-electron chi connectivity index (χ4n) is 4.65. The van der Waals surface area contributed by atoms with E-state index < -0.39 is 0 Å². The van der Waals surface area contributed by atoms with Gasteiger partial charge in [0, 0.05) is 6.61 Å². The van der Waals surface area contributed by atoms with E-state index in [1.807, 2.05) is 0 Å². The highest BCUT2D eigenvalue weighted by Crippen LogP contribution is 2.54. The minimum absolute atomic E-state index is 0.334. The lowest BCUT2D eigenvalue weighted by Crippen LogP contribution is -2.43.